The smallest absolute Gasteiger partial charge is 0.330 e. The number of ether oxygens (including phenoxy) is 4. The minimum atomic E-state index is -0.982. The van der Waals surface area contributed by atoms with Crippen molar-refractivity contribution in [1.82, 2.24) is 0 Å². The van der Waals surface area contributed by atoms with E-state index in [2.05, 4.69) is 31.9 Å². The Labute approximate surface area is 341 Å². The predicted octanol–water partition coefficient (Wildman–Crippen LogP) is 11.3. The predicted molar refractivity (Wildman–Crippen MR) is 225 cm³/mol. The van der Waals surface area contributed by atoms with Gasteiger partial charge in [0.1, 0.15) is 5.75 Å². The summed E-state index contributed by atoms with van der Waals surface area (Å²) >= 11 is 0. The second kappa shape index (κ2) is 24.2. The number of carbonyl (C=O) groups excluding carboxylic acids is 3. The van der Waals surface area contributed by atoms with Gasteiger partial charge in [0.2, 0.25) is 0 Å². The van der Waals surface area contributed by atoms with Crippen molar-refractivity contribution < 1.29 is 42.1 Å². The Hall–Kier alpha value is -5.64. The summed E-state index contributed by atoms with van der Waals surface area (Å²) in [6.07, 6.45) is 14.8. The zero-order valence-corrected chi connectivity index (χ0v) is 33.2. The van der Waals surface area contributed by atoms with Crippen molar-refractivity contribution in [2.24, 2.45) is 11.8 Å². The van der Waals surface area contributed by atoms with Gasteiger partial charge in [0.25, 0.3) is 0 Å². The Kier molecular flexibility index (Phi) is 18.8. The van der Waals surface area contributed by atoms with E-state index in [0.29, 0.717) is 56.2 Å². The van der Waals surface area contributed by atoms with Gasteiger partial charge in [-0.3, -0.25) is 0 Å². The number of rotatable bonds is 24. The molecule has 2 atom stereocenters. The number of nitrogens with one attached hydrogen (secondary N) is 1. The summed E-state index contributed by atoms with van der Waals surface area (Å²) in [7, 11) is 0. The van der Waals surface area contributed by atoms with E-state index >= 15 is 8.78 Å². The summed E-state index contributed by atoms with van der Waals surface area (Å²) in [5.74, 6) is -1.42. The van der Waals surface area contributed by atoms with Crippen molar-refractivity contribution in [3.05, 3.63) is 127 Å². The molecule has 0 aromatic heterocycles. The van der Waals surface area contributed by atoms with Crippen LogP contribution in [0.5, 0.6) is 5.75 Å². The molecule has 0 saturated heterocycles. The van der Waals surface area contributed by atoms with Crippen LogP contribution in [0.1, 0.15) is 98.8 Å². The molecule has 1 aliphatic carbocycles. The van der Waals surface area contributed by atoms with E-state index in [9.17, 15) is 14.4 Å². The average molecular weight is 796 g/mol. The van der Waals surface area contributed by atoms with Crippen LogP contribution in [-0.4, -0.2) is 50.6 Å². The van der Waals surface area contributed by atoms with Crippen molar-refractivity contribution in [2.45, 2.75) is 76.5 Å². The van der Waals surface area contributed by atoms with Crippen molar-refractivity contribution in [2.75, 3.05) is 26.4 Å². The first-order valence-electron chi connectivity index (χ1n) is 20.1. The Morgan fingerprint density at radius 3 is 1.57 bits per heavy atom. The number of hydrogen-bond donors (Lipinski definition) is 1. The normalized spacial score (nSPS) is 16.6. The largest absolute Gasteiger partial charge is 0.494 e. The third-order valence-corrected chi connectivity index (χ3v) is 10.4. The number of esters is 3. The van der Waals surface area contributed by atoms with Gasteiger partial charge in [0.05, 0.1) is 26.4 Å². The lowest BCUT2D eigenvalue weighted by atomic mass is 9.69. The molecule has 0 aliphatic heterocycles. The number of carbonyl (C=O) groups is 3. The Morgan fingerprint density at radius 1 is 0.621 bits per heavy atom. The molecule has 308 valence electrons. The Bertz CT molecular complexity index is 1850. The molecule has 2 unspecified atom stereocenters. The molecule has 0 heterocycles. The molecule has 3 aromatic carbocycles. The maximum absolute atomic E-state index is 15.4. The molecule has 58 heavy (non-hydrogen) atoms. The van der Waals surface area contributed by atoms with Crippen molar-refractivity contribution in [3.63, 3.8) is 0 Å². The van der Waals surface area contributed by atoms with Gasteiger partial charge in [0.15, 0.2) is 11.7 Å². The van der Waals surface area contributed by atoms with Gasteiger partial charge < -0.3 is 24.4 Å². The highest BCUT2D eigenvalue weighted by molar-refractivity contribution is 5.90. The SMILES string of the molecule is C=CC(=O)OCCCCOc1ccc(/C(F)=C(\F)c2ccc(-c3ccc(C4CC(CCCCOC(=O)C=C)CC(CCCCOC(=O)C=C)C4)cc3C=N)cc2)cc1. The molecule has 0 amide bonds. The maximum atomic E-state index is 15.4. The van der Waals surface area contributed by atoms with Crippen molar-refractivity contribution >= 4 is 35.8 Å². The molecule has 4 rings (SSSR count). The van der Waals surface area contributed by atoms with Crippen LogP contribution in [0.3, 0.4) is 0 Å². The van der Waals surface area contributed by atoms with E-state index in [-0.39, 0.29) is 17.7 Å². The van der Waals surface area contributed by atoms with Gasteiger partial charge in [-0.1, -0.05) is 69.0 Å². The fraction of sp³-hybridized carbons (Fsp3) is 0.375. The molecule has 0 radical (unpaired) electrons. The fourth-order valence-corrected chi connectivity index (χ4v) is 7.43. The first kappa shape index (κ1) is 45.1. The van der Waals surface area contributed by atoms with Crippen LogP contribution in [0.2, 0.25) is 0 Å². The summed E-state index contributed by atoms with van der Waals surface area (Å²) in [6, 6.07) is 18.9. The monoisotopic (exact) mass is 795 g/mol. The van der Waals surface area contributed by atoms with Crippen LogP contribution in [0.4, 0.5) is 8.78 Å². The molecule has 0 bridgehead atoms. The lowest BCUT2D eigenvalue weighted by Gasteiger charge is -2.36. The molecular weight excluding hydrogens is 741 g/mol. The molecule has 8 nitrogen and oxygen atoms in total. The topological polar surface area (TPSA) is 112 Å². The third-order valence-electron chi connectivity index (χ3n) is 10.4. The molecular formula is C48H55F2NO7. The summed E-state index contributed by atoms with van der Waals surface area (Å²) < 4.78 is 51.6. The van der Waals surface area contributed by atoms with Gasteiger partial charge in [-0.05, 0) is 123 Å². The summed E-state index contributed by atoms with van der Waals surface area (Å²) in [4.78, 5) is 34.0. The highest BCUT2D eigenvalue weighted by Gasteiger charge is 2.30. The number of benzene rings is 3. The molecule has 1 fully saturated rings. The van der Waals surface area contributed by atoms with Crippen LogP contribution < -0.4 is 4.74 Å². The van der Waals surface area contributed by atoms with Crippen LogP contribution in [0, 0.1) is 17.2 Å². The maximum Gasteiger partial charge on any atom is 0.330 e. The quantitative estimate of drug-likeness (QED) is 0.0240. The standard InChI is InChI=1S/C48H55F2NO7/c1-4-44(52)56-26-9-7-13-34-29-35(14-8-10-27-57-45(53)5-2)31-40(30-34)39-21-24-43(41(32-39)33-51)36-15-17-37(18-16-36)47(49)48(50)38-19-22-42(23-20-38)55-25-11-12-28-58-46(54)6-3/h4-6,15-24,32-35,40,51H,1-3,7-14,25-31H2/b48-47+,51-33?. The lowest BCUT2D eigenvalue weighted by Crippen LogP contribution is -2.22. The minimum absolute atomic E-state index is 0.0854. The minimum Gasteiger partial charge on any atom is -0.494 e. The van der Waals surface area contributed by atoms with Gasteiger partial charge in [0, 0.05) is 41.1 Å². The second-order valence-electron chi connectivity index (χ2n) is 14.5. The number of halogens is 2. The van der Waals surface area contributed by atoms with Crippen LogP contribution in [0.25, 0.3) is 22.8 Å². The first-order valence-corrected chi connectivity index (χ1v) is 20.1. The Morgan fingerprint density at radius 2 is 1.09 bits per heavy atom. The van der Waals surface area contributed by atoms with Gasteiger partial charge >= 0.3 is 17.9 Å². The Balaban J connectivity index is 1.39. The molecule has 1 aliphatic rings. The number of unbranched alkanes of at least 4 members (excludes halogenated alkanes) is 3. The zero-order valence-electron chi connectivity index (χ0n) is 33.2. The molecule has 1 N–H and O–H groups in total. The highest BCUT2D eigenvalue weighted by Crippen LogP contribution is 2.44. The lowest BCUT2D eigenvalue weighted by molar-refractivity contribution is -0.138. The van der Waals surface area contributed by atoms with Crippen molar-refractivity contribution in [1.29, 1.82) is 5.41 Å². The zero-order chi connectivity index (χ0) is 41.7. The average Bonchev–Trinajstić information content (AvgIpc) is 3.26. The van der Waals surface area contributed by atoms with Gasteiger partial charge in [-0.2, -0.15) is 0 Å². The second-order valence-corrected chi connectivity index (χ2v) is 14.5. The third kappa shape index (κ3) is 14.4. The summed E-state index contributed by atoms with van der Waals surface area (Å²) in [5, 5.41) is 8.28. The van der Waals surface area contributed by atoms with E-state index in [1.54, 1.807) is 36.4 Å². The van der Waals surface area contributed by atoms with Crippen LogP contribution in [-0.2, 0) is 28.6 Å². The molecule has 10 heteroatoms. The molecule has 0 spiro atoms. The van der Waals surface area contributed by atoms with Gasteiger partial charge in [-0.15, -0.1) is 0 Å². The van der Waals surface area contributed by atoms with E-state index in [1.807, 2.05) is 6.07 Å². The van der Waals surface area contributed by atoms with E-state index < -0.39 is 29.6 Å². The van der Waals surface area contributed by atoms with Crippen LogP contribution in [0.15, 0.2) is 105 Å². The van der Waals surface area contributed by atoms with Crippen molar-refractivity contribution in [3.8, 4) is 16.9 Å². The summed E-state index contributed by atoms with van der Waals surface area (Å²) in [6.45, 7) is 11.7. The van der Waals surface area contributed by atoms with E-state index in [0.717, 1.165) is 80.6 Å². The molecule has 3 aromatic rings. The number of hydrogen-bond acceptors (Lipinski definition) is 8. The first-order chi connectivity index (χ1) is 28.1. The fourth-order valence-electron chi connectivity index (χ4n) is 7.43. The van der Waals surface area contributed by atoms with Gasteiger partial charge in [-0.25, -0.2) is 23.2 Å². The van der Waals surface area contributed by atoms with Crippen LogP contribution >= 0.6 is 0 Å². The highest BCUT2D eigenvalue weighted by atomic mass is 19.2. The van der Waals surface area contributed by atoms with E-state index in [4.69, 9.17) is 24.4 Å². The summed E-state index contributed by atoms with van der Waals surface area (Å²) in [5.41, 5.74) is 3.72. The van der Waals surface area contributed by atoms with E-state index in [1.165, 1.54) is 36.1 Å². The molecule has 1 saturated carbocycles.